The highest BCUT2D eigenvalue weighted by Crippen LogP contribution is 2.28. The fourth-order valence-electron chi connectivity index (χ4n) is 3.57. The number of para-hydroxylation sites is 2. The van der Waals surface area contributed by atoms with Gasteiger partial charge >= 0.3 is 5.76 Å². The summed E-state index contributed by atoms with van der Waals surface area (Å²) < 4.78 is 12.5. The Morgan fingerprint density at radius 1 is 1.19 bits per heavy atom. The van der Waals surface area contributed by atoms with Crippen molar-refractivity contribution in [1.82, 2.24) is 9.88 Å². The lowest BCUT2D eigenvalue weighted by atomic mass is 9.95. The summed E-state index contributed by atoms with van der Waals surface area (Å²) in [5.74, 6) is -0.752. The number of hydrogen-bond donors (Lipinski definition) is 1. The molecule has 0 spiro atoms. The van der Waals surface area contributed by atoms with Crippen LogP contribution in [0.1, 0.15) is 30.1 Å². The number of nitrogens with zero attached hydrogens (tertiary/aromatic N) is 1. The first-order valence-corrected chi connectivity index (χ1v) is 9.18. The van der Waals surface area contributed by atoms with Gasteiger partial charge in [-0.25, -0.2) is 4.79 Å². The third-order valence-corrected chi connectivity index (χ3v) is 4.95. The molecule has 1 N–H and O–H groups in total. The van der Waals surface area contributed by atoms with E-state index in [-0.39, 0.29) is 24.6 Å². The second kappa shape index (κ2) is 7.40. The zero-order valence-corrected chi connectivity index (χ0v) is 15.2. The molecule has 1 saturated heterocycles. The number of oxazole rings is 1. The molecule has 1 aliphatic heterocycles. The van der Waals surface area contributed by atoms with E-state index in [2.05, 4.69) is 5.32 Å². The van der Waals surface area contributed by atoms with Gasteiger partial charge in [0, 0.05) is 6.61 Å². The van der Waals surface area contributed by atoms with Crippen molar-refractivity contribution in [2.75, 3.05) is 6.61 Å². The van der Waals surface area contributed by atoms with Gasteiger partial charge in [0.1, 0.15) is 12.6 Å². The SMILES string of the molecule is Cc1ccc(C2OCCCC2NC(=O)Cn2c(=O)oc3ccccc32)cc1. The van der Waals surface area contributed by atoms with E-state index in [0.717, 1.165) is 18.4 Å². The number of benzene rings is 2. The maximum absolute atomic E-state index is 12.6. The zero-order valence-electron chi connectivity index (χ0n) is 15.2. The average Bonchev–Trinajstić information content (AvgIpc) is 2.98. The Balaban J connectivity index is 1.51. The molecule has 2 heterocycles. The molecular formula is C21H22N2O4. The van der Waals surface area contributed by atoms with Crippen LogP contribution >= 0.6 is 0 Å². The Bertz CT molecular complexity index is 1000. The second-order valence-electron chi connectivity index (χ2n) is 6.94. The van der Waals surface area contributed by atoms with Gasteiger partial charge in [-0.05, 0) is 37.5 Å². The molecule has 3 aromatic rings. The van der Waals surface area contributed by atoms with Gasteiger partial charge in [-0.2, -0.15) is 0 Å². The van der Waals surface area contributed by atoms with Gasteiger partial charge in [0.25, 0.3) is 0 Å². The molecule has 1 amide bonds. The van der Waals surface area contributed by atoms with Crippen molar-refractivity contribution in [1.29, 1.82) is 0 Å². The summed E-state index contributed by atoms with van der Waals surface area (Å²) in [7, 11) is 0. The minimum Gasteiger partial charge on any atom is -0.408 e. The lowest BCUT2D eigenvalue weighted by Gasteiger charge is -2.32. The van der Waals surface area contributed by atoms with Crippen LogP contribution in [0.15, 0.2) is 57.7 Å². The first kappa shape index (κ1) is 17.5. The van der Waals surface area contributed by atoms with E-state index in [1.807, 2.05) is 37.3 Å². The quantitative estimate of drug-likeness (QED) is 0.770. The predicted octanol–water partition coefficient (Wildman–Crippen LogP) is 2.94. The Labute approximate surface area is 156 Å². The average molecular weight is 366 g/mol. The number of ether oxygens (including phenoxy) is 1. The zero-order chi connectivity index (χ0) is 18.8. The smallest absolute Gasteiger partial charge is 0.408 e. The van der Waals surface area contributed by atoms with Gasteiger partial charge in [0.15, 0.2) is 5.58 Å². The third-order valence-electron chi connectivity index (χ3n) is 4.95. The maximum Gasteiger partial charge on any atom is 0.420 e. The van der Waals surface area contributed by atoms with E-state index in [9.17, 15) is 9.59 Å². The molecule has 0 aliphatic carbocycles. The van der Waals surface area contributed by atoms with Crippen LogP contribution in [0.25, 0.3) is 11.1 Å². The molecule has 6 nitrogen and oxygen atoms in total. The number of nitrogens with one attached hydrogen (secondary N) is 1. The van der Waals surface area contributed by atoms with Crippen molar-refractivity contribution in [3.05, 3.63) is 70.2 Å². The summed E-state index contributed by atoms with van der Waals surface area (Å²) in [6.07, 6.45) is 1.55. The molecule has 4 rings (SSSR count). The van der Waals surface area contributed by atoms with Gasteiger partial charge in [0.05, 0.1) is 11.6 Å². The number of carbonyl (C=O) groups is 1. The molecule has 0 saturated carbocycles. The summed E-state index contributed by atoms with van der Waals surface area (Å²) in [6, 6.07) is 15.1. The highest BCUT2D eigenvalue weighted by atomic mass is 16.5. The topological polar surface area (TPSA) is 73.5 Å². The Kier molecular flexibility index (Phi) is 4.81. The number of fused-ring (bicyclic) bond motifs is 1. The fourth-order valence-corrected chi connectivity index (χ4v) is 3.57. The fraction of sp³-hybridized carbons (Fsp3) is 0.333. The van der Waals surface area contributed by atoms with Gasteiger partial charge in [-0.15, -0.1) is 0 Å². The molecule has 2 aromatic carbocycles. The largest absolute Gasteiger partial charge is 0.420 e. The van der Waals surface area contributed by atoms with Crippen LogP contribution in [0.4, 0.5) is 0 Å². The van der Waals surface area contributed by atoms with E-state index in [0.29, 0.717) is 17.7 Å². The summed E-state index contributed by atoms with van der Waals surface area (Å²) in [4.78, 5) is 24.7. The van der Waals surface area contributed by atoms with Crippen LogP contribution < -0.4 is 11.1 Å². The lowest BCUT2D eigenvalue weighted by Crippen LogP contribution is -2.44. The van der Waals surface area contributed by atoms with Gasteiger partial charge in [-0.1, -0.05) is 42.0 Å². The second-order valence-corrected chi connectivity index (χ2v) is 6.94. The van der Waals surface area contributed by atoms with E-state index in [4.69, 9.17) is 9.15 Å². The number of aromatic nitrogens is 1. The number of amides is 1. The summed E-state index contributed by atoms with van der Waals surface area (Å²) in [5.41, 5.74) is 3.33. The molecule has 1 aliphatic rings. The Morgan fingerprint density at radius 3 is 2.78 bits per heavy atom. The van der Waals surface area contributed by atoms with Crippen LogP contribution in [0, 0.1) is 6.92 Å². The monoisotopic (exact) mass is 366 g/mol. The molecule has 2 unspecified atom stereocenters. The van der Waals surface area contributed by atoms with Crippen LogP contribution in [-0.4, -0.2) is 23.1 Å². The van der Waals surface area contributed by atoms with E-state index in [1.54, 1.807) is 18.2 Å². The third kappa shape index (κ3) is 3.66. The van der Waals surface area contributed by atoms with Gasteiger partial charge < -0.3 is 14.5 Å². The molecule has 0 radical (unpaired) electrons. The maximum atomic E-state index is 12.6. The van der Waals surface area contributed by atoms with Crippen molar-refractivity contribution in [2.45, 2.75) is 38.5 Å². The number of rotatable bonds is 4. The van der Waals surface area contributed by atoms with Gasteiger partial charge in [0.2, 0.25) is 5.91 Å². The predicted molar refractivity (Wildman–Crippen MR) is 102 cm³/mol. The molecule has 2 atom stereocenters. The number of carbonyl (C=O) groups excluding carboxylic acids is 1. The highest BCUT2D eigenvalue weighted by molar-refractivity contribution is 5.79. The molecule has 6 heteroatoms. The number of hydrogen-bond acceptors (Lipinski definition) is 4. The van der Waals surface area contributed by atoms with Crippen LogP contribution in [0.2, 0.25) is 0 Å². The molecule has 1 fully saturated rings. The van der Waals surface area contributed by atoms with E-state index in [1.165, 1.54) is 10.1 Å². The summed E-state index contributed by atoms with van der Waals surface area (Å²) >= 11 is 0. The first-order chi connectivity index (χ1) is 13.1. The van der Waals surface area contributed by atoms with Crippen molar-refractivity contribution in [3.63, 3.8) is 0 Å². The molecule has 140 valence electrons. The van der Waals surface area contributed by atoms with Crippen molar-refractivity contribution < 1.29 is 13.9 Å². The van der Waals surface area contributed by atoms with Crippen LogP contribution in [-0.2, 0) is 16.1 Å². The summed E-state index contributed by atoms with van der Waals surface area (Å²) in [5, 5.41) is 3.05. The molecule has 0 bridgehead atoms. The number of aryl methyl sites for hydroxylation is 1. The van der Waals surface area contributed by atoms with Crippen LogP contribution in [0.3, 0.4) is 0 Å². The molecular weight excluding hydrogens is 344 g/mol. The highest BCUT2D eigenvalue weighted by Gasteiger charge is 2.29. The molecule has 27 heavy (non-hydrogen) atoms. The standard InChI is InChI=1S/C21H22N2O4/c1-14-8-10-15(11-9-14)20-16(5-4-12-26-20)22-19(24)13-23-17-6-2-3-7-18(17)27-21(23)25/h2-3,6-11,16,20H,4-5,12-13H2,1H3,(H,22,24). The first-order valence-electron chi connectivity index (χ1n) is 9.18. The van der Waals surface area contributed by atoms with E-state index < -0.39 is 5.76 Å². The minimum atomic E-state index is -0.527. The van der Waals surface area contributed by atoms with Crippen molar-refractivity contribution in [2.24, 2.45) is 0 Å². The van der Waals surface area contributed by atoms with E-state index >= 15 is 0 Å². The normalized spacial score (nSPS) is 19.9. The lowest BCUT2D eigenvalue weighted by molar-refractivity contribution is -0.124. The summed E-state index contributed by atoms with van der Waals surface area (Å²) in [6.45, 7) is 2.64. The van der Waals surface area contributed by atoms with Gasteiger partial charge in [-0.3, -0.25) is 9.36 Å². The Morgan fingerprint density at radius 2 is 1.96 bits per heavy atom. The van der Waals surface area contributed by atoms with Crippen LogP contribution in [0.5, 0.6) is 0 Å². The Hall–Kier alpha value is -2.86. The van der Waals surface area contributed by atoms with Crippen molar-refractivity contribution in [3.8, 4) is 0 Å². The van der Waals surface area contributed by atoms with Crippen molar-refractivity contribution >= 4 is 17.0 Å². The molecule has 1 aromatic heterocycles. The minimum absolute atomic E-state index is 0.0764.